The van der Waals surface area contributed by atoms with Crippen LogP contribution in [0.4, 0.5) is 5.69 Å². The molecule has 25 heavy (non-hydrogen) atoms. The van der Waals surface area contributed by atoms with Gasteiger partial charge in [0.25, 0.3) is 0 Å². The van der Waals surface area contributed by atoms with E-state index in [9.17, 15) is 4.79 Å². The molecular formula is C20H24N2O2S. The van der Waals surface area contributed by atoms with Crippen LogP contribution in [-0.4, -0.2) is 17.7 Å². The normalized spacial score (nSPS) is 11.5. The molecule has 0 aliphatic rings. The summed E-state index contributed by atoms with van der Waals surface area (Å²) in [6.45, 7) is 8.38. The van der Waals surface area contributed by atoms with E-state index in [1.165, 1.54) is 16.7 Å². The number of benzene rings is 2. The van der Waals surface area contributed by atoms with Crippen LogP contribution in [0, 0.1) is 13.8 Å². The van der Waals surface area contributed by atoms with E-state index in [1.54, 1.807) is 25.1 Å². The molecule has 0 radical (unpaired) electrons. The molecule has 0 aliphatic heterocycles. The average molecular weight is 356 g/mol. The summed E-state index contributed by atoms with van der Waals surface area (Å²) in [5.41, 5.74) is 4.92. The molecule has 0 saturated heterocycles. The molecule has 1 atom stereocenters. The lowest BCUT2D eigenvalue weighted by Crippen LogP contribution is -2.31. The molecule has 2 aromatic rings. The number of carbonyl (C=O) groups is 1. The SMILES string of the molecule is CCOC(=O)c1cccc(NC(=S)NC(C)c2ccc(C)cc2C)c1. The van der Waals surface area contributed by atoms with Crippen LogP contribution in [0.25, 0.3) is 0 Å². The van der Waals surface area contributed by atoms with Crippen LogP contribution >= 0.6 is 12.2 Å². The van der Waals surface area contributed by atoms with Crippen molar-refractivity contribution in [3.8, 4) is 0 Å². The first-order valence-corrected chi connectivity index (χ1v) is 8.73. The molecule has 0 aromatic heterocycles. The zero-order valence-electron chi connectivity index (χ0n) is 15.1. The Balaban J connectivity index is 2.02. The molecule has 2 rings (SSSR count). The van der Waals surface area contributed by atoms with Gasteiger partial charge in [-0.2, -0.15) is 0 Å². The van der Waals surface area contributed by atoms with Crippen molar-refractivity contribution in [3.05, 3.63) is 64.7 Å². The summed E-state index contributed by atoms with van der Waals surface area (Å²) in [6, 6.07) is 13.6. The highest BCUT2D eigenvalue weighted by Gasteiger charge is 2.11. The Labute approximate surface area is 154 Å². The lowest BCUT2D eigenvalue weighted by molar-refractivity contribution is 0.0526. The number of esters is 1. The Morgan fingerprint density at radius 1 is 1.20 bits per heavy atom. The first kappa shape index (κ1) is 18.9. The van der Waals surface area contributed by atoms with E-state index in [2.05, 4.69) is 49.6 Å². The van der Waals surface area contributed by atoms with E-state index in [4.69, 9.17) is 17.0 Å². The fraction of sp³-hybridized carbons (Fsp3) is 0.300. The van der Waals surface area contributed by atoms with Gasteiger partial charge >= 0.3 is 5.97 Å². The monoisotopic (exact) mass is 356 g/mol. The molecule has 2 N–H and O–H groups in total. The molecule has 2 aromatic carbocycles. The van der Waals surface area contributed by atoms with Gasteiger partial charge < -0.3 is 15.4 Å². The van der Waals surface area contributed by atoms with Gasteiger partial charge in [0.05, 0.1) is 18.2 Å². The van der Waals surface area contributed by atoms with Crippen LogP contribution in [0.3, 0.4) is 0 Å². The maximum absolute atomic E-state index is 11.8. The smallest absolute Gasteiger partial charge is 0.338 e. The third-order valence-corrected chi connectivity index (χ3v) is 4.09. The molecule has 1 unspecified atom stereocenters. The largest absolute Gasteiger partial charge is 0.462 e. The van der Waals surface area contributed by atoms with Crippen LogP contribution in [0.1, 0.15) is 46.9 Å². The number of hydrogen-bond donors (Lipinski definition) is 2. The van der Waals surface area contributed by atoms with E-state index in [1.807, 2.05) is 6.07 Å². The fourth-order valence-electron chi connectivity index (χ4n) is 2.69. The zero-order chi connectivity index (χ0) is 18.4. The summed E-state index contributed by atoms with van der Waals surface area (Å²) in [7, 11) is 0. The van der Waals surface area contributed by atoms with Gasteiger partial charge in [-0.15, -0.1) is 0 Å². The van der Waals surface area contributed by atoms with Gasteiger partial charge in [0.1, 0.15) is 0 Å². The summed E-state index contributed by atoms with van der Waals surface area (Å²) >= 11 is 5.40. The van der Waals surface area contributed by atoms with E-state index < -0.39 is 0 Å². The molecule has 0 fully saturated rings. The molecule has 4 nitrogen and oxygen atoms in total. The number of anilines is 1. The van der Waals surface area contributed by atoms with Gasteiger partial charge in [0.15, 0.2) is 5.11 Å². The number of ether oxygens (including phenoxy) is 1. The zero-order valence-corrected chi connectivity index (χ0v) is 15.9. The maximum atomic E-state index is 11.8. The van der Waals surface area contributed by atoms with Gasteiger partial charge in [0, 0.05) is 5.69 Å². The van der Waals surface area contributed by atoms with Crippen molar-refractivity contribution in [2.24, 2.45) is 0 Å². The molecule has 0 spiro atoms. The minimum absolute atomic E-state index is 0.0776. The molecule has 0 amide bonds. The van der Waals surface area contributed by atoms with Crippen LogP contribution in [0.2, 0.25) is 0 Å². The number of hydrogen-bond acceptors (Lipinski definition) is 3. The lowest BCUT2D eigenvalue weighted by Gasteiger charge is -2.19. The van der Waals surface area contributed by atoms with Gasteiger partial charge in [0.2, 0.25) is 0 Å². The van der Waals surface area contributed by atoms with E-state index in [0.29, 0.717) is 17.3 Å². The van der Waals surface area contributed by atoms with Gasteiger partial charge in [-0.05, 0) is 69.2 Å². The number of aryl methyl sites for hydroxylation is 2. The lowest BCUT2D eigenvalue weighted by atomic mass is 10.0. The van der Waals surface area contributed by atoms with Crippen LogP contribution in [-0.2, 0) is 4.74 Å². The number of carbonyl (C=O) groups excluding carboxylic acids is 1. The van der Waals surface area contributed by atoms with Crippen molar-refractivity contribution in [1.29, 1.82) is 0 Å². The Bertz CT molecular complexity index is 774. The molecule has 0 saturated carbocycles. The van der Waals surface area contributed by atoms with Crippen molar-refractivity contribution >= 4 is 29.0 Å². The summed E-state index contributed by atoms with van der Waals surface area (Å²) in [5.74, 6) is -0.339. The number of thiocarbonyl (C=S) groups is 1. The Morgan fingerprint density at radius 2 is 1.96 bits per heavy atom. The Hall–Kier alpha value is -2.40. The average Bonchev–Trinajstić information content (AvgIpc) is 2.55. The van der Waals surface area contributed by atoms with Crippen LogP contribution in [0.5, 0.6) is 0 Å². The van der Waals surface area contributed by atoms with Gasteiger partial charge in [-0.3, -0.25) is 0 Å². The van der Waals surface area contributed by atoms with Crippen molar-refractivity contribution in [1.82, 2.24) is 5.32 Å². The second-order valence-corrected chi connectivity index (χ2v) is 6.39. The molecule has 132 valence electrons. The number of nitrogens with one attached hydrogen (secondary N) is 2. The molecule has 0 heterocycles. The summed E-state index contributed by atoms with van der Waals surface area (Å²) in [6.07, 6.45) is 0. The Morgan fingerprint density at radius 3 is 2.64 bits per heavy atom. The highest BCUT2D eigenvalue weighted by Crippen LogP contribution is 2.19. The minimum Gasteiger partial charge on any atom is -0.462 e. The minimum atomic E-state index is -0.339. The van der Waals surface area contributed by atoms with Gasteiger partial charge in [-0.1, -0.05) is 29.8 Å². The topological polar surface area (TPSA) is 50.4 Å². The molecule has 5 heteroatoms. The van der Waals surface area contributed by atoms with Gasteiger partial charge in [-0.25, -0.2) is 4.79 Å². The highest BCUT2D eigenvalue weighted by molar-refractivity contribution is 7.80. The first-order valence-electron chi connectivity index (χ1n) is 8.32. The second-order valence-electron chi connectivity index (χ2n) is 5.98. The Kier molecular flexibility index (Phi) is 6.53. The molecular weight excluding hydrogens is 332 g/mol. The fourth-order valence-corrected chi connectivity index (χ4v) is 2.99. The quantitative estimate of drug-likeness (QED) is 0.609. The maximum Gasteiger partial charge on any atom is 0.338 e. The summed E-state index contributed by atoms with van der Waals surface area (Å²) in [4.78, 5) is 11.8. The number of rotatable bonds is 5. The predicted octanol–water partition coefficient (Wildman–Crippen LogP) is 4.53. The van der Waals surface area contributed by atoms with Crippen LogP contribution < -0.4 is 10.6 Å². The van der Waals surface area contributed by atoms with Crippen molar-refractivity contribution in [2.45, 2.75) is 33.7 Å². The third-order valence-electron chi connectivity index (χ3n) is 3.87. The van der Waals surface area contributed by atoms with E-state index >= 15 is 0 Å². The first-order chi connectivity index (χ1) is 11.9. The second kappa shape index (κ2) is 8.62. The standard InChI is InChI=1S/C20H24N2O2S/c1-5-24-19(23)16-7-6-8-17(12-16)22-20(25)21-15(4)18-10-9-13(2)11-14(18)3/h6-12,15H,5H2,1-4H3,(H2,21,22,25). The predicted molar refractivity (Wildman–Crippen MR) is 106 cm³/mol. The van der Waals surface area contributed by atoms with E-state index in [0.717, 1.165) is 5.69 Å². The van der Waals surface area contributed by atoms with Crippen LogP contribution in [0.15, 0.2) is 42.5 Å². The highest BCUT2D eigenvalue weighted by atomic mass is 32.1. The summed E-state index contributed by atoms with van der Waals surface area (Å²) < 4.78 is 5.02. The van der Waals surface area contributed by atoms with E-state index in [-0.39, 0.29) is 12.0 Å². The molecule has 0 aliphatic carbocycles. The third kappa shape index (κ3) is 5.29. The molecule has 0 bridgehead atoms. The van der Waals surface area contributed by atoms with Crippen molar-refractivity contribution in [2.75, 3.05) is 11.9 Å². The summed E-state index contributed by atoms with van der Waals surface area (Å²) in [5, 5.41) is 6.91. The van der Waals surface area contributed by atoms with Crippen molar-refractivity contribution in [3.63, 3.8) is 0 Å². The van der Waals surface area contributed by atoms with Crippen molar-refractivity contribution < 1.29 is 9.53 Å².